The molecule has 0 spiro atoms. The summed E-state index contributed by atoms with van der Waals surface area (Å²) < 4.78 is 48.6. The van der Waals surface area contributed by atoms with Crippen molar-refractivity contribution in [3.05, 3.63) is 30.5 Å². The van der Waals surface area contributed by atoms with Gasteiger partial charge in [-0.15, -0.1) is 5.10 Å². The van der Waals surface area contributed by atoms with Crippen LogP contribution in [-0.2, 0) is 44.6 Å². The van der Waals surface area contributed by atoms with E-state index in [1.165, 1.54) is 18.9 Å². The van der Waals surface area contributed by atoms with Crippen LogP contribution in [0.5, 0.6) is 0 Å². The number of ketones is 2. The number of aromatic nitrogens is 3. The summed E-state index contributed by atoms with van der Waals surface area (Å²) in [5.41, 5.74) is 8.09. The number of aliphatic hydroxyl groups is 1. The Balaban J connectivity index is 1.42. The fourth-order valence-electron chi connectivity index (χ4n) is 8.60. The van der Waals surface area contributed by atoms with Crippen LogP contribution in [0.25, 0.3) is 11.3 Å². The lowest BCUT2D eigenvalue weighted by atomic mass is 9.75. The monoisotopic (exact) mass is 816 g/mol. The zero-order valence-corrected chi connectivity index (χ0v) is 35.1. The first-order valence-electron chi connectivity index (χ1n) is 20.2. The average molecular weight is 817 g/mol. The number of alkyl halides is 1. The van der Waals surface area contributed by atoms with Crippen LogP contribution in [0.15, 0.2) is 30.5 Å². The first-order valence-corrected chi connectivity index (χ1v) is 20.2. The van der Waals surface area contributed by atoms with E-state index in [-0.39, 0.29) is 37.5 Å². The Kier molecular flexibility index (Phi) is 13.7. The summed E-state index contributed by atoms with van der Waals surface area (Å²) in [5, 5.41) is 19.6. The van der Waals surface area contributed by atoms with Crippen LogP contribution in [0.1, 0.15) is 87.5 Å². The van der Waals surface area contributed by atoms with Crippen LogP contribution in [0.4, 0.5) is 14.9 Å². The Labute approximate surface area is 339 Å². The summed E-state index contributed by atoms with van der Waals surface area (Å²) in [4.78, 5) is 57.4. The van der Waals surface area contributed by atoms with Crippen molar-refractivity contribution < 1.29 is 52.4 Å². The molecule has 1 aromatic carbocycles. The van der Waals surface area contributed by atoms with Crippen LogP contribution < -0.4 is 11.5 Å². The minimum atomic E-state index is -3.19. The van der Waals surface area contributed by atoms with Crippen molar-refractivity contribution in [2.24, 2.45) is 23.5 Å². The lowest BCUT2D eigenvalue weighted by Gasteiger charge is -2.47. The number of anilines is 1. The summed E-state index contributed by atoms with van der Waals surface area (Å²) in [6.45, 7) is 13.0. The van der Waals surface area contributed by atoms with Crippen LogP contribution in [0.2, 0.25) is 0 Å². The number of ether oxygens (including phenoxy) is 5. The molecule has 5 N–H and O–H groups in total. The number of unbranched alkanes of at least 4 members (excludes halogenated alkanes) is 1. The number of hydrogen-bond acceptors (Lipinski definition) is 14. The van der Waals surface area contributed by atoms with E-state index >= 15 is 4.39 Å². The van der Waals surface area contributed by atoms with Crippen molar-refractivity contribution in [2.75, 3.05) is 19.4 Å². The molecule has 4 heterocycles. The normalized spacial score (nSPS) is 37.9. The molecule has 58 heavy (non-hydrogen) atoms. The van der Waals surface area contributed by atoms with Crippen molar-refractivity contribution in [1.29, 1.82) is 0 Å². The Morgan fingerprint density at radius 2 is 1.76 bits per heavy atom. The van der Waals surface area contributed by atoms with E-state index in [4.69, 9.17) is 35.2 Å². The molecule has 17 heteroatoms. The Morgan fingerprint density at radius 3 is 2.41 bits per heavy atom. The minimum absolute atomic E-state index is 0.0240. The molecule has 0 aliphatic carbocycles. The van der Waals surface area contributed by atoms with E-state index in [1.807, 2.05) is 31.3 Å². The number of benzene rings is 1. The van der Waals surface area contributed by atoms with Crippen molar-refractivity contribution in [2.45, 2.75) is 154 Å². The highest BCUT2D eigenvalue weighted by Gasteiger charge is 2.60. The number of amides is 1. The summed E-state index contributed by atoms with van der Waals surface area (Å²) in [6, 6.07) is 5.65. The minimum Gasteiger partial charge on any atom is -0.455 e. The van der Waals surface area contributed by atoms with Gasteiger partial charge in [0, 0.05) is 55.7 Å². The highest BCUT2D eigenvalue weighted by atomic mass is 19.1. The predicted molar refractivity (Wildman–Crippen MR) is 210 cm³/mol. The number of nitrogens with two attached hydrogens (primary N) is 2. The number of carbonyl (C=O) groups excluding carboxylic acids is 4. The molecule has 3 unspecified atom stereocenters. The summed E-state index contributed by atoms with van der Waals surface area (Å²) in [7, 11) is 1.37. The molecule has 322 valence electrons. The van der Waals surface area contributed by atoms with Gasteiger partial charge in [0.15, 0.2) is 17.7 Å². The second-order valence-corrected chi connectivity index (χ2v) is 16.9. The van der Waals surface area contributed by atoms with Crippen molar-refractivity contribution in [3.63, 3.8) is 0 Å². The SMILES string of the molecule is CC[C@H]1OC(=O)[C@@](C)(F)C(=O)[C@H](C)[C@@H](O[C@@H]2OC(C)[C@H](C)C(N)C2O)[C@](C)(OC)C[C@@H](C)C(=O)C[C@H]2N(CCCCn3cc(-c4cccc(N)c4)nn3)C(=O)O[C@]12C. The van der Waals surface area contributed by atoms with Gasteiger partial charge in [0.2, 0.25) is 0 Å². The van der Waals surface area contributed by atoms with Gasteiger partial charge in [-0.2, -0.15) is 0 Å². The molecular weight excluding hydrogens is 755 g/mol. The van der Waals surface area contributed by atoms with Gasteiger partial charge in [-0.25, -0.2) is 14.0 Å². The highest BCUT2D eigenvalue weighted by Crippen LogP contribution is 2.42. The van der Waals surface area contributed by atoms with Gasteiger partial charge in [0.05, 0.1) is 30.0 Å². The number of halogens is 1. The molecule has 3 fully saturated rings. The number of hydrogen-bond donors (Lipinski definition) is 3. The zero-order chi connectivity index (χ0) is 42.9. The molecule has 1 aromatic heterocycles. The summed E-state index contributed by atoms with van der Waals surface area (Å²) >= 11 is 0. The summed E-state index contributed by atoms with van der Waals surface area (Å²) in [5.74, 6) is -5.29. The summed E-state index contributed by atoms with van der Waals surface area (Å²) in [6.07, 6.45) is -3.65. The van der Waals surface area contributed by atoms with E-state index in [9.17, 15) is 24.3 Å². The predicted octanol–water partition coefficient (Wildman–Crippen LogP) is 4.00. The van der Waals surface area contributed by atoms with Crippen molar-refractivity contribution >= 4 is 29.3 Å². The fourth-order valence-corrected chi connectivity index (χ4v) is 8.60. The molecule has 16 nitrogen and oxygen atoms in total. The maximum Gasteiger partial charge on any atom is 0.410 e. The van der Waals surface area contributed by atoms with Crippen LogP contribution in [0.3, 0.4) is 0 Å². The molecule has 3 saturated heterocycles. The Morgan fingerprint density at radius 1 is 1.07 bits per heavy atom. The van der Waals surface area contributed by atoms with Gasteiger partial charge >= 0.3 is 12.1 Å². The number of esters is 1. The van der Waals surface area contributed by atoms with E-state index in [0.29, 0.717) is 30.8 Å². The third-order valence-electron chi connectivity index (χ3n) is 12.7. The maximum atomic E-state index is 16.8. The van der Waals surface area contributed by atoms with Crippen LogP contribution in [-0.4, -0.2) is 122 Å². The largest absolute Gasteiger partial charge is 0.455 e. The molecule has 0 radical (unpaired) electrons. The van der Waals surface area contributed by atoms with Crippen LogP contribution >= 0.6 is 0 Å². The van der Waals surface area contributed by atoms with E-state index in [0.717, 1.165) is 12.5 Å². The molecule has 3 aliphatic heterocycles. The van der Waals surface area contributed by atoms with E-state index < -0.39 is 89.3 Å². The first kappa shape index (κ1) is 45.1. The number of fused-ring (bicyclic) bond motifs is 1. The number of methoxy groups -OCH3 is 1. The highest BCUT2D eigenvalue weighted by molar-refractivity contribution is 6.08. The second-order valence-electron chi connectivity index (χ2n) is 16.9. The van der Waals surface area contributed by atoms with Gasteiger partial charge < -0.3 is 45.2 Å². The average Bonchev–Trinajstić information content (AvgIpc) is 3.75. The fraction of sp³-hybridized carbons (Fsp3) is 0.707. The maximum absolute atomic E-state index is 16.8. The van der Waals surface area contributed by atoms with E-state index in [2.05, 4.69) is 10.3 Å². The molecule has 3 aliphatic rings. The zero-order valence-electron chi connectivity index (χ0n) is 35.1. The Hall–Kier alpha value is -4.03. The lowest BCUT2D eigenvalue weighted by molar-refractivity contribution is -0.297. The smallest absolute Gasteiger partial charge is 0.410 e. The molecule has 5 rings (SSSR count). The molecular formula is C41H61FN6O10. The number of nitrogen functional groups attached to an aromatic ring is 1. The van der Waals surface area contributed by atoms with Gasteiger partial charge in [0.25, 0.3) is 5.67 Å². The topological polar surface area (TPSA) is 221 Å². The van der Waals surface area contributed by atoms with E-state index in [1.54, 1.807) is 45.4 Å². The molecule has 1 amide bonds. The first-order chi connectivity index (χ1) is 27.2. The standard InChI is InChI=1S/C41H61FN6O10/c1-10-31-41(8)30(48(38(53)58-41)17-12-11-16-47-21-28(45-46-47)26-14-13-15-27(43)18-26)19-29(49)22(2)20-39(6,54-9)35(24(4)34(51)40(7,42)37(52)56-31)57-36-33(50)32(44)23(3)25(5)55-36/h13-15,18,21-25,30-33,35-36,50H,10-12,16-17,19-20,43-44H2,1-9H3/t22-,23+,24+,25?,30-,31-,32?,33?,35-,36+,39-,40+,41+/m1/s1. The Bertz CT molecular complexity index is 1810. The van der Waals surface area contributed by atoms with Gasteiger partial charge in [-0.05, 0) is 71.4 Å². The van der Waals surface area contributed by atoms with Crippen LogP contribution in [0, 0.1) is 17.8 Å². The number of aliphatic hydroxyl groups excluding tert-OH is 1. The number of aryl methyl sites for hydroxylation is 1. The van der Waals surface area contributed by atoms with Crippen molar-refractivity contribution in [3.8, 4) is 11.3 Å². The number of carbonyl (C=O) groups is 4. The quantitative estimate of drug-likeness (QED) is 0.134. The third-order valence-corrected chi connectivity index (χ3v) is 12.7. The molecule has 2 aromatic rings. The van der Waals surface area contributed by atoms with Gasteiger partial charge in [0.1, 0.15) is 23.7 Å². The second kappa shape index (κ2) is 17.7. The molecule has 0 saturated carbocycles. The lowest BCUT2D eigenvalue weighted by Crippen LogP contribution is -2.62. The molecule has 13 atom stereocenters. The van der Waals surface area contributed by atoms with Crippen molar-refractivity contribution in [1.82, 2.24) is 19.9 Å². The number of cyclic esters (lactones) is 1. The number of nitrogens with zero attached hydrogens (tertiary/aromatic N) is 4. The number of rotatable bonds is 10. The third kappa shape index (κ3) is 8.93. The van der Waals surface area contributed by atoms with Gasteiger partial charge in [-0.3, -0.25) is 14.3 Å². The molecule has 0 bridgehead atoms. The number of Topliss-reactive ketones (excluding diaryl/α,β-unsaturated/α-hetero) is 2. The van der Waals surface area contributed by atoms with Gasteiger partial charge in [-0.1, -0.05) is 45.0 Å².